The van der Waals surface area contributed by atoms with Crippen LogP contribution in [-0.2, 0) is 0 Å². The Morgan fingerprint density at radius 3 is 2.14 bits per heavy atom. The van der Waals surface area contributed by atoms with Crippen LogP contribution in [0.15, 0.2) is 35.0 Å². The van der Waals surface area contributed by atoms with E-state index in [9.17, 15) is 9.50 Å². The van der Waals surface area contributed by atoms with Crippen molar-refractivity contribution in [3.63, 3.8) is 0 Å². The van der Waals surface area contributed by atoms with Crippen LogP contribution in [0.4, 0.5) is 4.39 Å². The zero-order chi connectivity index (χ0) is 20.2. The summed E-state index contributed by atoms with van der Waals surface area (Å²) in [6, 6.07) is 5.84. The number of phenols is 1. The number of aromatic hydroxyl groups is 1. The average Bonchev–Trinajstić information content (AvgIpc) is 3.06. The highest BCUT2D eigenvalue weighted by Gasteiger charge is 2.27. The first kappa shape index (κ1) is 19.0. The zero-order valence-corrected chi connectivity index (χ0v) is 16.9. The molecule has 0 fully saturated rings. The average molecular weight is 438 g/mol. The lowest BCUT2D eigenvalue weighted by Gasteiger charge is -2.16. The molecule has 142 valence electrons. The van der Waals surface area contributed by atoms with Gasteiger partial charge in [0.2, 0.25) is 5.71 Å². The van der Waals surface area contributed by atoms with Gasteiger partial charge in [-0.05, 0) is 54.8 Å². The van der Waals surface area contributed by atoms with E-state index in [0.717, 1.165) is 0 Å². The van der Waals surface area contributed by atoms with Gasteiger partial charge < -0.3 is 9.52 Å². The molecule has 0 atom stereocenters. The van der Waals surface area contributed by atoms with E-state index in [-0.39, 0.29) is 32.5 Å². The number of rotatable bonds is 2. The number of aromatic nitrogens is 2. The van der Waals surface area contributed by atoms with Gasteiger partial charge in [0.05, 0.1) is 15.4 Å². The Morgan fingerprint density at radius 1 is 0.929 bits per heavy atom. The summed E-state index contributed by atoms with van der Waals surface area (Å²) in [4.78, 5) is 8.22. The standard InChI is InChI=1S/C20H12Cl3FN2O2/c1-8-12(9(2)16(22)17(27)15(8)21)13-14-19(23)25-7-26-20(14)28-18(13)10-3-5-11(24)6-4-10/h3-7,27H,1-2H3. The first-order chi connectivity index (χ1) is 13.3. The molecule has 4 nitrogen and oxygen atoms in total. The second kappa shape index (κ2) is 6.92. The largest absolute Gasteiger partial charge is 0.505 e. The molecule has 0 saturated carbocycles. The third-order valence-electron chi connectivity index (χ3n) is 4.62. The molecule has 0 amide bonds. The minimum Gasteiger partial charge on any atom is -0.505 e. The predicted molar refractivity (Wildman–Crippen MR) is 109 cm³/mol. The summed E-state index contributed by atoms with van der Waals surface area (Å²) in [7, 11) is 0. The van der Waals surface area contributed by atoms with Crippen molar-refractivity contribution in [1.82, 2.24) is 9.97 Å². The molecule has 0 radical (unpaired) electrons. The van der Waals surface area contributed by atoms with Crippen LogP contribution < -0.4 is 0 Å². The molecule has 0 aliphatic rings. The van der Waals surface area contributed by atoms with Crippen LogP contribution in [0.2, 0.25) is 15.2 Å². The van der Waals surface area contributed by atoms with Crippen LogP contribution in [0.1, 0.15) is 11.1 Å². The summed E-state index contributed by atoms with van der Waals surface area (Å²) in [5.41, 5.74) is 3.28. The molecule has 4 rings (SSSR count). The number of furan rings is 1. The van der Waals surface area contributed by atoms with Crippen LogP contribution in [-0.4, -0.2) is 15.1 Å². The minimum absolute atomic E-state index is 0.123. The van der Waals surface area contributed by atoms with E-state index in [1.807, 2.05) is 0 Å². The molecule has 0 saturated heterocycles. The number of phenolic OH excluding ortho intramolecular Hbond substituents is 1. The van der Waals surface area contributed by atoms with Crippen molar-refractivity contribution in [1.29, 1.82) is 0 Å². The molecule has 0 aliphatic heterocycles. The van der Waals surface area contributed by atoms with Crippen LogP contribution in [0.5, 0.6) is 5.75 Å². The van der Waals surface area contributed by atoms with Gasteiger partial charge in [-0.3, -0.25) is 0 Å². The van der Waals surface area contributed by atoms with Crippen LogP contribution in [0, 0.1) is 19.7 Å². The number of halogens is 4. The SMILES string of the molecule is Cc1c(Cl)c(O)c(Cl)c(C)c1-c1c(-c2ccc(F)cc2)oc2ncnc(Cl)c12. The second-order valence-electron chi connectivity index (χ2n) is 6.26. The summed E-state index contributed by atoms with van der Waals surface area (Å²) in [5.74, 6) is -0.149. The van der Waals surface area contributed by atoms with Crippen molar-refractivity contribution >= 4 is 45.9 Å². The van der Waals surface area contributed by atoms with Crippen molar-refractivity contribution in [3.05, 3.63) is 62.7 Å². The fourth-order valence-corrected chi connectivity index (χ4v) is 3.91. The van der Waals surface area contributed by atoms with E-state index in [0.29, 0.717) is 39.0 Å². The molecule has 0 bridgehead atoms. The fourth-order valence-electron chi connectivity index (χ4n) is 3.27. The molecule has 0 spiro atoms. The fraction of sp³-hybridized carbons (Fsp3) is 0.100. The van der Waals surface area contributed by atoms with Crippen LogP contribution in [0.25, 0.3) is 33.6 Å². The highest BCUT2D eigenvalue weighted by Crippen LogP contribution is 2.49. The summed E-state index contributed by atoms with van der Waals surface area (Å²) in [6.45, 7) is 3.51. The molecule has 0 unspecified atom stereocenters. The quantitative estimate of drug-likeness (QED) is 0.344. The van der Waals surface area contributed by atoms with E-state index < -0.39 is 0 Å². The molecule has 2 heterocycles. The van der Waals surface area contributed by atoms with Gasteiger partial charge in [0, 0.05) is 11.1 Å². The third-order valence-corrected chi connectivity index (χ3v) is 5.83. The van der Waals surface area contributed by atoms with Crippen LogP contribution >= 0.6 is 34.8 Å². The zero-order valence-electron chi connectivity index (χ0n) is 14.6. The van der Waals surface area contributed by atoms with E-state index in [1.165, 1.54) is 18.5 Å². The highest BCUT2D eigenvalue weighted by atomic mass is 35.5. The number of hydrogen-bond acceptors (Lipinski definition) is 4. The Morgan fingerprint density at radius 2 is 1.54 bits per heavy atom. The van der Waals surface area contributed by atoms with Gasteiger partial charge in [0.15, 0.2) is 5.75 Å². The minimum atomic E-state index is -0.373. The molecule has 0 aliphatic carbocycles. The first-order valence-corrected chi connectivity index (χ1v) is 9.31. The Hall–Kier alpha value is -2.34. The molecular formula is C20H12Cl3FN2O2. The normalized spacial score (nSPS) is 11.4. The predicted octanol–water partition coefficient (Wildman–Crippen LogP) is 6.98. The highest BCUT2D eigenvalue weighted by molar-refractivity contribution is 6.39. The Kier molecular flexibility index (Phi) is 4.70. The molecule has 2 aromatic heterocycles. The summed E-state index contributed by atoms with van der Waals surface area (Å²) >= 11 is 19.0. The first-order valence-electron chi connectivity index (χ1n) is 8.17. The van der Waals surface area contributed by atoms with Crippen molar-refractivity contribution in [2.45, 2.75) is 13.8 Å². The molecule has 1 N–H and O–H groups in total. The van der Waals surface area contributed by atoms with E-state index in [2.05, 4.69) is 9.97 Å². The Balaban J connectivity index is 2.19. The lowest BCUT2D eigenvalue weighted by Crippen LogP contribution is -1.94. The van der Waals surface area contributed by atoms with E-state index >= 15 is 0 Å². The second-order valence-corrected chi connectivity index (χ2v) is 7.37. The number of fused-ring (bicyclic) bond motifs is 1. The van der Waals surface area contributed by atoms with Gasteiger partial charge in [0.1, 0.15) is 23.1 Å². The number of benzene rings is 2. The van der Waals surface area contributed by atoms with Gasteiger partial charge in [-0.2, -0.15) is 0 Å². The topological polar surface area (TPSA) is 59.2 Å². The van der Waals surface area contributed by atoms with Crippen molar-refractivity contribution in [2.75, 3.05) is 0 Å². The molecule has 28 heavy (non-hydrogen) atoms. The van der Waals surface area contributed by atoms with Crippen molar-refractivity contribution in [2.24, 2.45) is 0 Å². The van der Waals surface area contributed by atoms with E-state index in [4.69, 9.17) is 39.2 Å². The lowest BCUT2D eigenvalue weighted by molar-refractivity contribution is 0.475. The number of nitrogens with zero attached hydrogens (tertiary/aromatic N) is 2. The maximum absolute atomic E-state index is 13.4. The van der Waals surface area contributed by atoms with Gasteiger partial charge in [-0.1, -0.05) is 34.8 Å². The van der Waals surface area contributed by atoms with Gasteiger partial charge in [-0.25, -0.2) is 14.4 Å². The number of hydrogen-bond donors (Lipinski definition) is 1. The maximum Gasteiger partial charge on any atom is 0.231 e. The van der Waals surface area contributed by atoms with Gasteiger partial charge >= 0.3 is 0 Å². The van der Waals surface area contributed by atoms with Gasteiger partial charge in [0.25, 0.3) is 0 Å². The van der Waals surface area contributed by atoms with Gasteiger partial charge in [-0.15, -0.1) is 0 Å². The Bertz CT molecular complexity index is 1210. The molecular weight excluding hydrogens is 426 g/mol. The molecule has 2 aromatic carbocycles. The summed E-state index contributed by atoms with van der Waals surface area (Å²) in [5, 5.41) is 11.1. The summed E-state index contributed by atoms with van der Waals surface area (Å²) in [6.07, 6.45) is 1.29. The monoisotopic (exact) mass is 436 g/mol. The van der Waals surface area contributed by atoms with E-state index in [1.54, 1.807) is 26.0 Å². The molecule has 8 heteroatoms. The maximum atomic E-state index is 13.4. The Labute approximate surface area is 174 Å². The third kappa shape index (κ3) is 2.82. The molecule has 4 aromatic rings. The smallest absolute Gasteiger partial charge is 0.231 e. The lowest BCUT2D eigenvalue weighted by atomic mass is 9.92. The van der Waals surface area contributed by atoms with Crippen molar-refractivity contribution < 1.29 is 13.9 Å². The van der Waals surface area contributed by atoms with Crippen molar-refractivity contribution in [3.8, 4) is 28.2 Å². The summed E-state index contributed by atoms with van der Waals surface area (Å²) < 4.78 is 19.4. The van der Waals surface area contributed by atoms with Crippen LogP contribution in [0.3, 0.4) is 0 Å².